The summed E-state index contributed by atoms with van der Waals surface area (Å²) in [4.78, 5) is 15.3. The first-order valence-corrected chi connectivity index (χ1v) is 8.17. The summed E-state index contributed by atoms with van der Waals surface area (Å²) in [6, 6.07) is 8.24. The van der Waals surface area contributed by atoms with Crippen molar-refractivity contribution in [2.45, 2.75) is 57.4 Å². The van der Waals surface area contributed by atoms with E-state index in [4.69, 9.17) is 5.73 Å². The van der Waals surface area contributed by atoms with Crippen molar-refractivity contribution in [1.29, 1.82) is 0 Å². The number of rotatable bonds is 2. The molecule has 1 aliphatic carbocycles. The highest BCUT2D eigenvalue weighted by molar-refractivity contribution is 5.88. The molecule has 21 heavy (non-hydrogen) atoms. The molecule has 1 aliphatic heterocycles. The van der Waals surface area contributed by atoms with Crippen molar-refractivity contribution >= 4 is 11.6 Å². The molecular weight excluding hydrogens is 260 g/mol. The highest BCUT2D eigenvalue weighted by Gasteiger charge is 2.42. The van der Waals surface area contributed by atoms with Crippen molar-refractivity contribution in [2.24, 2.45) is 5.92 Å². The maximum absolute atomic E-state index is 13.1. The van der Waals surface area contributed by atoms with Crippen molar-refractivity contribution in [1.82, 2.24) is 4.90 Å². The molecule has 3 heteroatoms. The van der Waals surface area contributed by atoms with Gasteiger partial charge in [0, 0.05) is 18.3 Å². The molecule has 2 unspecified atom stereocenters. The molecule has 1 saturated heterocycles. The molecule has 3 nitrogen and oxygen atoms in total. The molecule has 2 aliphatic rings. The fourth-order valence-electron chi connectivity index (χ4n) is 4.09. The summed E-state index contributed by atoms with van der Waals surface area (Å²) in [5.41, 5.74) is 7.09. The molecule has 1 amide bonds. The number of piperidine rings is 1. The van der Waals surface area contributed by atoms with E-state index in [9.17, 15) is 4.79 Å². The molecule has 0 spiro atoms. The van der Waals surface area contributed by atoms with E-state index in [2.05, 4.69) is 4.90 Å². The third-order valence-electron chi connectivity index (χ3n) is 5.42. The predicted octanol–water partition coefficient (Wildman–Crippen LogP) is 3.34. The minimum atomic E-state index is -0.474. The zero-order valence-electron chi connectivity index (χ0n) is 13.1. The number of amides is 1. The molecule has 1 saturated carbocycles. The number of nitrogen functional groups attached to an aromatic ring is 1. The van der Waals surface area contributed by atoms with Gasteiger partial charge in [0.05, 0.1) is 5.41 Å². The number of likely N-dealkylation sites (tertiary alicyclic amines) is 1. The van der Waals surface area contributed by atoms with Crippen molar-refractivity contribution in [2.75, 3.05) is 12.3 Å². The van der Waals surface area contributed by atoms with Crippen molar-refractivity contribution in [3.8, 4) is 0 Å². The van der Waals surface area contributed by atoms with Gasteiger partial charge in [-0.05, 0) is 63.1 Å². The standard InChI is InChI=1S/C18H26N2O/c1-18(2,14-8-10-15(19)11-9-14)17(21)20-12-4-6-13-5-3-7-16(13)20/h8-11,13,16H,3-7,12,19H2,1-2H3. The number of fused-ring (bicyclic) bond motifs is 1. The zero-order chi connectivity index (χ0) is 15.0. The third kappa shape index (κ3) is 2.54. The van der Waals surface area contributed by atoms with E-state index in [1.807, 2.05) is 38.1 Å². The Balaban J connectivity index is 1.84. The number of benzene rings is 1. The van der Waals surface area contributed by atoms with Gasteiger partial charge in [0.2, 0.25) is 5.91 Å². The maximum Gasteiger partial charge on any atom is 0.232 e. The number of nitrogens with two attached hydrogens (primary N) is 1. The lowest BCUT2D eigenvalue weighted by atomic mass is 9.81. The average Bonchev–Trinajstić information content (AvgIpc) is 2.95. The Labute approximate surface area is 127 Å². The van der Waals surface area contributed by atoms with Gasteiger partial charge in [0.25, 0.3) is 0 Å². The van der Waals surface area contributed by atoms with Crippen LogP contribution in [-0.4, -0.2) is 23.4 Å². The van der Waals surface area contributed by atoms with Gasteiger partial charge in [0.1, 0.15) is 0 Å². The molecule has 2 fully saturated rings. The minimum Gasteiger partial charge on any atom is -0.399 e. The SMILES string of the molecule is CC(C)(C(=O)N1CCCC2CCCC21)c1ccc(N)cc1. The second kappa shape index (κ2) is 5.36. The average molecular weight is 286 g/mol. The Morgan fingerprint density at radius 3 is 2.52 bits per heavy atom. The Hall–Kier alpha value is -1.51. The molecule has 0 bridgehead atoms. The molecule has 1 aromatic carbocycles. The number of nitrogens with zero attached hydrogens (tertiary/aromatic N) is 1. The van der Waals surface area contributed by atoms with Gasteiger partial charge in [-0.15, -0.1) is 0 Å². The summed E-state index contributed by atoms with van der Waals surface area (Å²) in [5.74, 6) is 1.02. The first-order chi connectivity index (χ1) is 10.00. The van der Waals surface area contributed by atoms with Crippen LogP contribution in [0.15, 0.2) is 24.3 Å². The molecule has 2 N–H and O–H groups in total. The second-order valence-electron chi connectivity index (χ2n) is 7.15. The van der Waals surface area contributed by atoms with E-state index in [1.165, 1.54) is 25.7 Å². The zero-order valence-corrected chi connectivity index (χ0v) is 13.1. The predicted molar refractivity (Wildman–Crippen MR) is 86.0 cm³/mol. The Morgan fingerprint density at radius 2 is 1.81 bits per heavy atom. The van der Waals surface area contributed by atoms with Gasteiger partial charge < -0.3 is 10.6 Å². The number of carbonyl (C=O) groups excluding carboxylic acids is 1. The normalized spacial score (nSPS) is 25.7. The van der Waals surface area contributed by atoms with Crippen LogP contribution in [0.25, 0.3) is 0 Å². The van der Waals surface area contributed by atoms with E-state index in [-0.39, 0.29) is 5.91 Å². The Kier molecular flexibility index (Phi) is 3.68. The summed E-state index contributed by atoms with van der Waals surface area (Å²) >= 11 is 0. The highest BCUT2D eigenvalue weighted by atomic mass is 16.2. The van der Waals surface area contributed by atoms with Crippen molar-refractivity contribution < 1.29 is 4.79 Å². The fourth-order valence-corrected chi connectivity index (χ4v) is 4.09. The lowest BCUT2D eigenvalue weighted by Gasteiger charge is -2.42. The third-order valence-corrected chi connectivity index (χ3v) is 5.42. The first-order valence-electron chi connectivity index (χ1n) is 8.17. The number of hydrogen-bond donors (Lipinski definition) is 1. The molecule has 0 aromatic heterocycles. The van der Waals surface area contributed by atoms with E-state index < -0.39 is 5.41 Å². The summed E-state index contributed by atoms with van der Waals surface area (Å²) in [6.45, 7) is 5.01. The van der Waals surface area contributed by atoms with E-state index >= 15 is 0 Å². The van der Waals surface area contributed by atoms with Gasteiger partial charge in [-0.3, -0.25) is 4.79 Å². The van der Waals surface area contributed by atoms with Crippen LogP contribution in [0.4, 0.5) is 5.69 Å². The smallest absolute Gasteiger partial charge is 0.232 e. The van der Waals surface area contributed by atoms with Gasteiger partial charge in [-0.25, -0.2) is 0 Å². The quantitative estimate of drug-likeness (QED) is 0.848. The van der Waals surface area contributed by atoms with Gasteiger partial charge in [-0.2, -0.15) is 0 Å². The van der Waals surface area contributed by atoms with Gasteiger partial charge in [-0.1, -0.05) is 18.6 Å². The van der Waals surface area contributed by atoms with E-state index in [0.717, 1.165) is 30.1 Å². The largest absolute Gasteiger partial charge is 0.399 e. The molecule has 1 heterocycles. The van der Waals surface area contributed by atoms with Crippen LogP contribution in [0.3, 0.4) is 0 Å². The molecule has 2 atom stereocenters. The molecule has 1 aromatic rings. The monoisotopic (exact) mass is 286 g/mol. The van der Waals surface area contributed by atoms with Crippen LogP contribution in [0, 0.1) is 5.92 Å². The summed E-state index contributed by atoms with van der Waals surface area (Å²) in [7, 11) is 0. The fraction of sp³-hybridized carbons (Fsp3) is 0.611. The number of hydrogen-bond acceptors (Lipinski definition) is 2. The lowest BCUT2D eigenvalue weighted by molar-refractivity contribution is -0.141. The summed E-state index contributed by atoms with van der Waals surface area (Å²) in [5, 5.41) is 0. The van der Waals surface area contributed by atoms with Crippen LogP contribution in [0.2, 0.25) is 0 Å². The molecule has 0 radical (unpaired) electrons. The molecule has 114 valence electrons. The van der Waals surface area contributed by atoms with Crippen LogP contribution >= 0.6 is 0 Å². The molecular formula is C18H26N2O. The van der Waals surface area contributed by atoms with Crippen LogP contribution < -0.4 is 5.73 Å². The van der Waals surface area contributed by atoms with Gasteiger partial charge >= 0.3 is 0 Å². The summed E-state index contributed by atoms with van der Waals surface area (Å²) in [6.07, 6.45) is 6.23. The van der Waals surface area contributed by atoms with E-state index in [1.54, 1.807) is 0 Å². The van der Waals surface area contributed by atoms with E-state index in [0.29, 0.717) is 6.04 Å². The van der Waals surface area contributed by atoms with Crippen molar-refractivity contribution in [3.05, 3.63) is 29.8 Å². The summed E-state index contributed by atoms with van der Waals surface area (Å²) < 4.78 is 0. The number of carbonyl (C=O) groups is 1. The Bertz CT molecular complexity index is 521. The van der Waals surface area contributed by atoms with Gasteiger partial charge in [0.15, 0.2) is 0 Å². The van der Waals surface area contributed by atoms with Crippen molar-refractivity contribution in [3.63, 3.8) is 0 Å². The topological polar surface area (TPSA) is 46.3 Å². The minimum absolute atomic E-state index is 0.281. The lowest BCUT2D eigenvalue weighted by Crippen LogP contribution is -2.52. The maximum atomic E-state index is 13.1. The number of anilines is 1. The second-order valence-corrected chi connectivity index (χ2v) is 7.15. The molecule has 3 rings (SSSR count). The van der Waals surface area contributed by atoms with Crippen LogP contribution in [0.5, 0.6) is 0 Å². The Morgan fingerprint density at radius 1 is 1.14 bits per heavy atom. The van der Waals surface area contributed by atoms with Crippen LogP contribution in [-0.2, 0) is 10.2 Å². The van der Waals surface area contributed by atoms with Crippen LogP contribution in [0.1, 0.15) is 51.5 Å². The first kappa shape index (κ1) is 14.4. The highest BCUT2D eigenvalue weighted by Crippen LogP contribution is 2.39.